The van der Waals surface area contributed by atoms with E-state index in [-0.39, 0.29) is 0 Å². The van der Waals surface area contributed by atoms with Gasteiger partial charge in [0, 0.05) is 9.92 Å². The van der Waals surface area contributed by atoms with Crippen molar-refractivity contribution in [3.8, 4) is 0 Å². The van der Waals surface area contributed by atoms with Gasteiger partial charge < -0.3 is 5.73 Å². The maximum absolute atomic E-state index is 6.15. The Hall–Kier alpha value is -0.620. The molecule has 0 unspecified atom stereocenters. The minimum absolute atomic E-state index is 0.591. The Kier molecular flexibility index (Phi) is 4.17. The minimum atomic E-state index is 0.591. The van der Waals surface area contributed by atoms with Crippen molar-refractivity contribution in [2.75, 3.05) is 6.54 Å². The van der Waals surface area contributed by atoms with Gasteiger partial charge in [-0.25, -0.2) is 4.98 Å². The fourth-order valence-electron chi connectivity index (χ4n) is 1.32. The third-order valence-electron chi connectivity index (χ3n) is 2.01. The zero-order chi connectivity index (χ0) is 11.4. The van der Waals surface area contributed by atoms with Gasteiger partial charge in [-0.3, -0.25) is 0 Å². The quantitative estimate of drug-likeness (QED) is 0.929. The molecule has 0 spiro atoms. The summed E-state index contributed by atoms with van der Waals surface area (Å²) in [7, 11) is 0. The molecule has 0 aliphatic carbocycles. The number of aromatic nitrogens is 2. The van der Waals surface area contributed by atoms with Crippen LogP contribution in [-0.4, -0.2) is 15.9 Å². The molecule has 84 valence electrons. The van der Waals surface area contributed by atoms with Crippen LogP contribution in [0, 0.1) is 0 Å². The molecule has 1 heterocycles. The van der Waals surface area contributed by atoms with Crippen LogP contribution in [0.2, 0.25) is 5.02 Å². The first-order chi connectivity index (χ1) is 7.81. The van der Waals surface area contributed by atoms with Crippen LogP contribution < -0.4 is 5.73 Å². The van der Waals surface area contributed by atoms with Crippen molar-refractivity contribution in [3.63, 3.8) is 0 Å². The summed E-state index contributed by atoms with van der Waals surface area (Å²) in [4.78, 5) is 5.24. The van der Waals surface area contributed by atoms with E-state index in [1.165, 1.54) is 11.5 Å². The fraction of sp³-hybridized carbons (Fsp3) is 0.200. The van der Waals surface area contributed by atoms with Gasteiger partial charge >= 0.3 is 0 Å². The van der Waals surface area contributed by atoms with E-state index in [1.54, 1.807) is 18.1 Å². The maximum Gasteiger partial charge on any atom is 0.174 e. The van der Waals surface area contributed by atoms with Crippen molar-refractivity contribution >= 4 is 34.9 Å². The summed E-state index contributed by atoms with van der Waals surface area (Å²) in [5.41, 5.74) is 6.67. The average Bonchev–Trinajstić information content (AvgIpc) is 2.76. The maximum atomic E-state index is 6.15. The van der Waals surface area contributed by atoms with Gasteiger partial charge in [0.25, 0.3) is 0 Å². The van der Waals surface area contributed by atoms with Gasteiger partial charge in [0.05, 0.1) is 0 Å². The van der Waals surface area contributed by atoms with Gasteiger partial charge in [-0.05, 0) is 42.2 Å². The molecule has 2 aromatic rings. The van der Waals surface area contributed by atoms with Crippen LogP contribution in [0.25, 0.3) is 0 Å². The normalized spacial score (nSPS) is 10.6. The molecule has 1 aromatic carbocycles. The van der Waals surface area contributed by atoms with Crippen LogP contribution in [0.15, 0.2) is 33.8 Å². The molecule has 0 bridgehead atoms. The van der Waals surface area contributed by atoms with Crippen molar-refractivity contribution in [3.05, 3.63) is 35.1 Å². The van der Waals surface area contributed by atoms with E-state index >= 15 is 0 Å². The zero-order valence-corrected chi connectivity index (χ0v) is 10.8. The summed E-state index contributed by atoms with van der Waals surface area (Å²) < 4.78 is 4.89. The first-order valence-electron chi connectivity index (χ1n) is 4.73. The van der Waals surface area contributed by atoms with Gasteiger partial charge in [0.2, 0.25) is 0 Å². The van der Waals surface area contributed by atoms with Crippen LogP contribution in [0.4, 0.5) is 0 Å². The summed E-state index contributed by atoms with van der Waals surface area (Å²) in [5, 5.41) is 0.764. The molecule has 0 saturated carbocycles. The average molecular weight is 272 g/mol. The van der Waals surface area contributed by atoms with Gasteiger partial charge in [-0.15, -0.1) is 0 Å². The Labute approximate surface area is 107 Å². The molecule has 0 aliphatic rings. The molecule has 2 rings (SSSR count). The lowest BCUT2D eigenvalue weighted by molar-refractivity contribution is 0.944. The van der Waals surface area contributed by atoms with Crippen molar-refractivity contribution < 1.29 is 0 Å². The lowest BCUT2D eigenvalue weighted by atomic mass is 10.1. The summed E-state index contributed by atoms with van der Waals surface area (Å²) in [6.07, 6.45) is 2.33. The summed E-state index contributed by atoms with van der Waals surface area (Å²) in [6, 6.07) is 5.85. The van der Waals surface area contributed by atoms with Crippen LogP contribution in [0.1, 0.15) is 5.56 Å². The Morgan fingerprint density at radius 3 is 3.00 bits per heavy atom. The Morgan fingerprint density at radius 2 is 2.31 bits per heavy atom. The molecule has 0 aliphatic heterocycles. The molecule has 0 atom stereocenters. The number of rotatable bonds is 4. The number of nitrogens with two attached hydrogens (primary N) is 1. The van der Waals surface area contributed by atoms with Gasteiger partial charge in [-0.1, -0.05) is 29.4 Å². The molecule has 2 N–H and O–H groups in total. The highest BCUT2D eigenvalue weighted by Crippen LogP contribution is 2.34. The second-order valence-corrected chi connectivity index (χ2v) is 5.54. The molecular weight excluding hydrogens is 262 g/mol. The standard InChI is InChI=1S/C10H10ClN3S2/c11-8-2-1-3-9(7(8)4-5-12)15-10-13-6-14-16-10/h1-3,6H,4-5,12H2. The molecule has 0 saturated heterocycles. The summed E-state index contributed by atoms with van der Waals surface area (Å²) in [6.45, 7) is 0.591. The highest BCUT2D eigenvalue weighted by atomic mass is 35.5. The summed E-state index contributed by atoms with van der Waals surface area (Å²) in [5.74, 6) is 0. The van der Waals surface area contributed by atoms with Crippen LogP contribution in [0.5, 0.6) is 0 Å². The fourth-order valence-corrected chi connectivity index (χ4v) is 3.24. The highest BCUT2D eigenvalue weighted by Gasteiger charge is 2.09. The van der Waals surface area contributed by atoms with Crippen molar-refractivity contribution in [1.82, 2.24) is 9.36 Å². The first-order valence-corrected chi connectivity index (χ1v) is 6.70. The number of benzene rings is 1. The van der Waals surface area contributed by atoms with Crippen LogP contribution >= 0.6 is 34.9 Å². The monoisotopic (exact) mass is 271 g/mol. The number of hydrogen-bond acceptors (Lipinski definition) is 5. The van der Waals surface area contributed by atoms with E-state index in [9.17, 15) is 0 Å². The Morgan fingerprint density at radius 1 is 1.44 bits per heavy atom. The van der Waals surface area contributed by atoms with Crippen molar-refractivity contribution in [1.29, 1.82) is 0 Å². The highest BCUT2D eigenvalue weighted by molar-refractivity contribution is 8.01. The number of nitrogens with zero attached hydrogens (tertiary/aromatic N) is 2. The van der Waals surface area contributed by atoms with Crippen LogP contribution in [0.3, 0.4) is 0 Å². The van der Waals surface area contributed by atoms with Gasteiger partial charge in [-0.2, -0.15) is 4.37 Å². The third kappa shape index (κ3) is 2.74. The molecule has 0 fully saturated rings. The van der Waals surface area contributed by atoms with E-state index in [0.717, 1.165) is 26.2 Å². The minimum Gasteiger partial charge on any atom is -0.330 e. The molecule has 3 nitrogen and oxygen atoms in total. The van der Waals surface area contributed by atoms with E-state index in [4.69, 9.17) is 17.3 Å². The second-order valence-electron chi connectivity index (χ2n) is 3.06. The van der Waals surface area contributed by atoms with Crippen molar-refractivity contribution in [2.24, 2.45) is 5.73 Å². The zero-order valence-electron chi connectivity index (χ0n) is 8.39. The van der Waals surface area contributed by atoms with Gasteiger partial charge in [0.1, 0.15) is 6.33 Å². The van der Waals surface area contributed by atoms with E-state index in [1.807, 2.05) is 18.2 Å². The van der Waals surface area contributed by atoms with Crippen molar-refractivity contribution in [2.45, 2.75) is 15.7 Å². The molecular formula is C10H10ClN3S2. The molecule has 0 amide bonds. The molecule has 16 heavy (non-hydrogen) atoms. The molecule has 0 radical (unpaired) electrons. The van der Waals surface area contributed by atoms with E-state index in [0.29, 0.717) is 6.54 Å². The predicted molar refractivity (Wildman–Crippen MR) is 68.2 cm³/mol. The largest absolute Gasteiger partial charge is 0.330 e. The smallest absolute Gasteiger partial charge is 0.174 e. The SMILES string of the molecule is NCCc1c(Cl)cccc1Sc1ncns1. The molecule has 1 aromatic heterocycles. The van der Waals surface area contributed by atoms with Gasteiger partial charge in [0.15, 0.2) is 4.34 Å². The molecule has 6 heteroatoms. The Bertz CT molecular complexity index is 459. The first kappa shape index (κ1) is 11.9. The summed E-state index contributed by atoms with van der Waals surface area (Å²) >= 11 is 9.10. The van der Waals surface area contributed by atoms with E-state index in [2.05, 4.69) is 9.36 Å². The number of hydrogen-bond donors (Lipinski definition) is 1. The lowest BCUT2D eigenvalue weighted by Crippen LogP contribution is -2.04. The second kappa shape index (κ2) is 5.63. The predicted octanol–water partition coefficient (Wildman–Crippen LogP) is 2.84. The lowest BCUT2D eigenvalue weighted by Gasteiger charge is -2.08. The number of halogens is 1. The third-order valence-corrected chi connectivity index (χ3v) is 4.18. The van der Waals surface area contributed by atoms with E-state index < -0.39 is 0 Å². The topological polar surface area (TPSA) is 51.8 Å². The Balaban J connectivity index is 2.29. The van der Waals surface area contributed by atoms with Crippen LogP contribution in [-0.2, 0) is 6.42 Å².